The van der Waals surface area contributed by atoms with Gasteiger partial charge in [-0.2, -0.15) is 0 Å². The van der Waals surface area contributed by atoms with Crippen molar-refractivity contribution in [2.75, 3.05) is 13.1 Å². The third-order valence-electron chi connectivity index (χ3n) is 4.29. The van der Waals surface area contributed by atoms with Crippen LogP contribution in [0.5, 0.6) is 0 Å². The van der Waals surface area contributed by atoms with E-state index in [2.05, 4.69) is 52.6 Å². The van der Waals surface area contributed by atoms with Crippen molar-refractivity contribution in [3.8, 4) is 0 Å². The maximum absolute atomic E-state index is 8.82. The molecule has 0 amide bonds. The lowest BCUT2D eigenvalue weighted by atomic mass is 9.66. The Bertz CT molecular complexity index is 670. The summed E-state index contributed by atoms with van der Waals surface area (Å²) in [4.78, 5) is 2.98. The minimum Gasteiger partial charge on any atom is -0.315 e. The van der Waals surface area contributed by atoms with Crippen LogP contribution in [0.15, 0.2) is 59.7 Å². The Morgan fingerprint density at radius 1 is 1.10 bits per heavy atom. The van der Waals surface area contributed by atoms with E-state index in [1.54, 1.807) is 0 Å². The summed E-state index contributed by atoms with van der Waals surface area (Å²) in [5.41, 5.74) is 12.0. The molecule has 1 unspecified atom stereocenters. The Hall–Kier alpha value is -2.29. The van der Waals surface area contributed by atoms with Gasteiger partial charge in [0.25, 0.3) is 0 Å². The third-order valence-corrected chi connectivity index (χ3v) is 4.29. The lowest BCUT2D eigenvalue weighted by Gasteiger charge is -2.46. The van der Waals surface area contributed by atoms with Crippen molar-refractivity contribution < 1.29 is 0 Å². The lowest BCUT2D eigenvalue weighted by molar-refractivity contribution is 0.168. The zero-order chi connectivity index (χ0) is 14.7. The van der Waals surface area contributed by atoms with Gasteiger partial charge in [-0.3, -0.25) is 0 Å². The van der Waals surface area contributed by atoms with Crippen molar-refractivity contribution in [3.05, 3.63) is 76.2 Å². The van der Waals surface area contributed by atoms with Gasteiger partial charge in [0.05, 0.1) is 0 Å². The predicted molar refractivity (Wildman–Crippen MR) is 84.5 cm³/mol. The van der Waals surface area contributed by atoms with Gasteiger partial charge in [0.2, 0.25) is 0 Å². The zero-order valence-electron chi connectivity index (χ0n) is 12.0. The van der Waals surface area contributed by atoms with Gasteiger partial charge in [-0.05, 0) is 16.7 Å². The predicted octanol–water partition coefficient (Wildman–Crippen LogP) is 4.37. The summed E-state index contributed by atoms with van der Waals surface area (Å²) in [6.45, 7) is 4.22. The smallest absolute Gasteiger partial charge is 0.0413 e. The molecular weight excluding hydrogens is 260 g/mol. The van der Waals surface area contributed by atoms with Crippen LogP contribution in [0.25, 0.3) is 10.4 Å². The Morgan fingerprint density at radius 2 is 1.76 bits per heavy atom. The number of azide groups is 1. The standard InChI is InChI=1S/C17H18N4/c1-17(11-19-12-17)16(13-7-3-2-4-8-13)14-9-5-6-10-15(14)20-21-18/h2-10,16,19H,11-12H2,1H3. The first-order valence-electron chi connectivity index (χ1n) is 7.14. The van der Waals surface area contributed by atoms with E-state index in [0.717, 1.165) is 24.3 Å². The molecule has 2 aromatic rings. The van der Waals surface area contributed by atoms with Crippen molar-refractivity contribution in [1.29, 1.82) is 0 Å². The molecular formula is C17H18N4. The highest BCUT2D eigenvalue weighted by Crippen LogP contribution is 2.46. The summed E-state index contributed by atoms with van der Waals surface area (Å²) in [5.74, 6) is 0.224. The highest BCUT2D eigenvalue weighted by atomic mass is 15.1. The molecule has 0 saturated carbocycles. The summed E-state index contributed by atoms with van der Waals surface area (Å²) in [6.07, 6.45) is 0. The van der Waals surface area contributed by atoms with Crippen molar-refractivity contribution >= 4 is 5.69 Å². The molecule has 0 aliphatic carbocycles. The molecule has 1 aliphatic heterocycles. The van der Waals surface area contributed by atoms with Crippen LogP contribution in [0.1, 0.15) is 24.0 Å². The maximum atomic E-state index is 8.82. The fourth-order valence-electron chi connectivity index (χ4n) is 3.20. The molecule has 1 atom stereocenters. The molecule has 0 aromatic heterocycles. The normalized spacial score (nSPS) is 17.4. The summed E-state index contributed by atoms with van der Waals surface area (Å²) < 4.78 is 0. The molecule has 1 N–H and O–H groups in total. The van der Waals surface area contributed by atoms with Crippen LogP contribution in [0, 0.1) is 5.41 Å². The van der Waals surface area contributed by atoms with E-state index in [0.29, 0.717) is 0 Å². The number of benzene rings is 2. The molecule has 2 aromatic carbocycles. The van der Waals surface area contributed by atoms with Gasteiger partial charge in [-0.25, -0.2) is 0 Å². The maximum Gasteiger partial charge on any atom is 0.0413 e. The van der Waals surface area contributed by atoms with Gasteiger partial charge >= 0.3 is 0 Å². The lowest BCUT2D eigenvalue weighted by Crippen LogP contribution is -2.55. The van der Waals surface area contributed by atoms with E-state index < -0.39 is 0 Å². The van der Waals surface area contributed by atoms with Crippen molar-refractivity contribution in [2.45, 2.75) is 12.8 Å². The van der Waals surface area contributed by atoms with E-state index in [1.165, 1.54) is 5.56 Å². The van der Waals surface area contributed by atoms with Crippen LogP contribution in [-0.4, -0.2) is 13.1 Å². The van der Waals surface area contributed by atoms with Crippen molar-refractivity contribution in [1.82, 2.24) is 5.32 Å². The summed E-state index contributed by atoms with van der Waals surface area (Å²) in [6, 6.07) is 18.4. The Morgan fingerprint density at radius 3 is 2.38 bits per heavy atom. The van der Waals surface area contributed by atoms with Gasteiger partial charge in [-0.1, -0.05) is 66.6 Å². The first-order chi connectivity index (χ1) is 10.2. The number of hydrogen-bond acceptors (Lipinski definition) is 2. The van der Waals surface area contributed by atoms with Gasteiger partial charge in [0.15, 0.2) is 0 Å². The highest BCUT2D eigenvalue weighted by molar-refractivity contribution is 5.52. The van der Waals surface area contributed by atoms with Crippen LogP contribution in [0.2, 0.25) is 0 Å². The second kappa shape index (κ2) is 5.60. The summed E-state index contributed by atoms with van der Waals surface area (Å²) in [5, 5.41) is 7.25. The van der Waals surface area contributed by atoms with E-state index in [9.17, 15) is 0 Å². The first kappa shape index (κ1) is 13.7. The Labute approximate surface area is 124 Å². The Balaban J connectivity index is 2.15. The minimum absolute atomic E-state index is 0.141. The van der Waals surface area contributed by atoms with Crippen LogP contribution in [-0.2, 0) is 0 Å². The minimum atomic E-state index is 0.141. The topological polar surface area (TPSA) is 60.8 Å². The summed E-state index contributed by atoms with van der Waals surface area (Å²) in [7, 11) is 0. The van der Waals surface area contributed by atoms with Crippen LogP contribution in [0.3, 0.4) is 0 Å². The number of nitrogens with one attached hydrogen (secondary N) is 1. The molecule has 1 aliphatic rings. The third kappa shape index (κ3) is 2.51. The van der Waals surface area contributed by atoms with E-state index in [4.69, 9.17) is 5.53 Å². The Kier molecular flexibility index (Phi) is 3.65. The average Bonchev–Trinajstić information content (AvgIpc) is 2.49. The van der Waals surface area contributed by atoms with Gasteiger partial charge < -0.3 is 5.32 Å². The van der Waals surface area contributed by atoms with Gasteiger partial charge in [0, 0.05) is 35.0 Å². The fraction of sp³-hybridized carbons (Fsp3) is 0.294. The highest BCUT2D eigenvalue weighted by Gasteiger charge is 2.41. The quantitative estimate of drug-likeness (QED) is 0.504. The molecule has 1 saturated heterocycles. The molecule has 106 valence electrons. The van der Waals surface area contributed by atoms with Gasteiger partial charge in [-0.15, -0.1) is 0 Å². The molecule has 0 spiro atoms. The van der Waals surface area contributed by atoms with E-state index >= 15 is 0 Å². The number of rotatable bonds is 4. The molecule has 0 radical (unpaired) electrons. The molecule has 1 fully saturated rings. The SMILES string of the molecule is CC1(C(c2ccccc2)c2ccccc2N=[N+]=[N-])CNC1. The van der Waals surface area contributed by atoms with Gasteiger partial charge in [0.1, 0.15) is 0 Å². The van der Waals surface area contributed by atoms with E-state index in [1.807, 2.05) is 24.3 Å². The average molecular weight is 278 g/mol. The molecule has 4 heteroatoms. The monoisotopic (exact) mass is 278 g/mol. The second-order valence-electron chi connectivity index (χ2n) is 5.85. The first-order valence-corrected chi connectivity index (χ1v) is 7.14. The largest absolute Gasteiger partial charge is 0.315 e. The van der Waals surface area contributed by atoms with E-state index in [-0.39, 0.29) is 11.3 Å². The molecule has 1 heterocycles. The summed E-state index contributed by atoms with van der Waals surface area (Å²) >= 11 is 0. The molecule has 3 rings (SSSR count). The number of nitrogens with zero attached hydrogens (tertiary/aromatic N) is 3. The van der Waals surface area contributed by atoms with Crippen LogP contribution in [0.4, 0.5) is 5.69 Å². The fourth-order valence-corrected chi connectivity index (χ4v) is 3.20. The molecule has 21 heavy (non-hydrogen) atoms. The second-order valence-corrected chi connectivity index (χ2v) is 5.85. The number of hydrogen-bond donors (Lipinski definition) is 1. The zero-order valence-corrected chi connectivity index (χ0v) is 12.0. The van der Waals surface area contributed by atoms with Crippen LogP contribution >= 0.6 is 0 Å². The molecule has 0 bridgehead atoms. The van der Waals surface area contributed by atoms with Crippen molar-refractivity contribution in [2.24, 2.45) is 10.5 Å². The van der Waals surface area contributed by atoms with Crippen molar-refractivity contribution in [3.63, 3.8) is 0 Å². The van der Waals surface area contributed by atoms with Crippen LogP contribution < -0.4 is 5.32 Å². The molecule has 4 nitrogen and oxygen atoms in total.